The van der Waals surface area contributed by atoms with Crippen LogP contribution in [0.5, 0.6) is 0 Å². The van der Waals surface area contributed by atoms with Crippen LogP contribution in [0.4, 0.5) is 22.7 Å². The van der Waals surface area contributed by atoms with E-state index in [1.54, 1.807) is 19.1 Å². The number of hydrogen-bond donors (Lipinski definition) is 2. The van der Waals surface area contributed by atoms with Gasteiger partial charge in [-0.2, -0.15) is 0 Å². The molecule has 12 nitrogen and oxygen atoms in total. The number of esters is 2. The van der Waals surface area contributed by atoms with E-state index in [9.17, 15) is 29.8 Å². The lowest BCUT2D eigenvalue weighted by molar-refractivity contribution is -0.386. The maximum Gasteiger partial charge on any atom is 0.341 e. The number of para-hydroxylation sites is 2. The summed E-state index contributed by atoms with van der Waals surface area (Å²) in [4.78, 5) is 46.9. The van der Waals surface area contributed by atoms with Gasteiger partial charge in [0, 0.05) is 12.1 Å². The van der Waals surface area contributed by atoms with E-state index in [1.165, 1.54) is 42.5 Å². The van der Waals surface area contributed by atoms with E-state index < -0.39 is 35.0 Å². The summed E-state index contributed by atoms with van der Waals surface area (Å²) in [6.45, 7) is 0.658. The number of nitrogens with zero attached hydrogens (tertiary/aromatic N) is 2. The van der Waals surface area contributed by atoms with Gasteiger partial charge in [0.1, 0.15) is 13.2 Å². The molecule has 4 N–H and O–H groups in total. The summed E-state index contributed by atoms with van der Waals surface area (Å²) in [7, 11) is 0. The summed E-state index contributed by atoms with van der Waals surface area (Å²) in [6, 6.07) is 12.7. The number of anilines is 2. The van der Waals surface area contributed by atoms with Gasteiger partial charge in [0.25, 0.3) is 11.4 Å². The molecule has 12 heteroatoms. The highest BCUT2D eigenvalue weighted by molar-refractivity contribution is 6.09. The van der Waals surface area contributed by atoms with Crippen LogP contribution in [-0.4, -0.2) is 21.8 Å². The van der Waals surface area contributed by atoms with Gasteiger partial charge in [0.05, 0.1) is 43.5 Å². The number of rotatable bonds is 8. The van der Waals surface area contributed by atoms with Crippen molar-refractivity contribution in [2.75, 3.05) is 11.5 Å². The number of carbonyl (C=O) groups is 2. The van der Waals surface area contributed by atoms with Crippen LogP contribution >= 0.6 is 0 Å². The van der Waals surface area contributed by atoms with E-state index in [4.69, 9.17) is 20.9 Å². The van der Waals surface area contributed by atoms with Crippen LogP contribution in [0.15, 0.2) is 54.6 Å². The molecule has 35 heavy (non-hydrogen) atoms. The monoisotopic (exact) mass is 480 g/mol. The molecule has 0 heterocycles. The van der Waals surface area contributed by atoms with Crippen LogP contribution in [0.25, 0.3) is 0 Å². The van der Waals surface area contributed by atoms with Crippen molar-refractivity contribution >= 4 is 34.7 Å². The Labute approximate surface area is 198 Å². The number of nitro benzene ring substituents is 2. The number of nitrogen functional groups attached to an aromatic ring is 2. The third kappa shape index (κ3) is 5.33. The summed E-state index contributed by atoms with van der Waals surface area (Å²) in [6.07, 6.45) is 0. The molecule has 0 spiro atoms. The predicted molar refractivity (Wildman–Crippen MR) is 124 cm³/mol. The summed E-state index contributed by atoms with van der Waals surface area (Å²) in [5.41, 5.74) is 11.3. The molecule has 3 aromatic rings. The fourth-order valence-electron chi connectivity index (χ4n) is 3.30. The Balaban J connectivity index is 1.88. The molecule has 0 saturated heterocycles. The molecule has 0 aliphatic heterocycles. The van der Waals surface area contributed by atoms with Crippen molar-refractivity contribution in [3.05, 3.63) is 103 Å². The standard InChI is InChI=1S/C23H20N4O8/c1-13-10-16(22(28)34-11-14-6-2-4-8-17(14)26(30)31)19(21(25)20(13)24)23(29)35-12-15-7-3-5-9-18(15)27(32)33/h2-10H,11-12,24-25H2,1H3. The minimum atomic E-state index is -1.05. The third-order valence-electron chi connectivity index (χ3n) is 5.13. The minimum Gasteiger partial charge on any atom is -0.457 e. The van der Waals surface area contributed by atoms with Gasteiger partial charge in [-0.1, -0.05) is 24.3 Å². The number of benzene rings is 3. The molecule has 0 amide bonds. The first kappa shape index (κ1) is 24.6. The Morgan fingerprint density at radius 2 is 1.26 bits per heavy atom. The number of hydrogen-bond acceptors (Lipinski definition) is 10. The van der Waals surface area contributed by atoms with Crippen molar-refractivity contribution in [2.45, 2.75) is 20.1 Å². The lowest BCUT2D eigenvalue weighted by Gasteiger charge is -2.15. The fourth-order valence-corrected chi connectivity index (χ4v) is 3.30. The third-order valence-corrected chi connectivity index (χ3v) is 5.13. The lowest BCUT2D eigenvalue weighted by atomic mass is 10.00. The zero-order valence-corrected chi connectivity index (χ0v) is 18.4. The number of nitro groups is 2. The van der Waals surface area contributed by atoms with E-state index in [0.717, 1.165) is 0 Å². The average molecular weight is 480 g/mol. The Bertz CT molecular complexity index is 1340. The molecule has 3 aromatic carbocycles. The molecule has 0 atom stereocenters. The normalized spacial score (nSPS) is 10.4. The van der Waals surface area contributed by atoms with E-state index >= 15 is 0 Å². The van der Waals surface area contributed by atoms with Crippen molar-refractivity contribution in [1.82, 2.24) is 0 Å². The van der Waals surface area contributed by atoms with Crippen molar-refractivity contribution in [3.8, 4) is 0 Å². The molecule has 0 bridgehead atoms. The SMILES string of the molecule is Cc1cc(C(=O)OCc2ccccc2[N+](=O)[O-])c(C(=O)OCc2ccccc2[N+](=O)[O-])c(N)c1N. The van der Waals surface area contributed by atoms with Gasteiger partial charge < -0.3 is 20.9 Å². The Morgan fingerprint density at radius 1 is 0.800 bits per heavy atom. The van der Waals surface area contributed by atoms with Crippen LogP contribution in [0.3, 0.4) is 0 Å². The number of carbonyl (C=O) groups excluding carboxylic acids is 2. The van der Waals surface area contributed by atoms with Gasteiger partial charge in [-0.05, 0) is 30.7 Å². The highest BCUT2D eigenvalue weighted by Gasteiger charge is 2.27. The second-order valence-corrected chi connectivity index (χ2v) is 7.37. The summed E-state index contributed by atoms with van der Waals surface area (Å²) < 4.78 is 10.4. The molecule has 0 unspecified atom stereocenters. The highest BCUT2D eigenvalue weighted by Crippen LogP contribution is 2.30. The molecule has 180 valence electrons. The molecule has 0 saturated carbocycles. The predicted octanol–water partition coefficient (Wildman–Crippen LogP) is 3.69. The van der Waals surface area contributed by atoms with Crippen molar-refractivity contribution < 1.29 is 28.9 Å². The Kier molecular flexibility index (Phi) is 7.25. The van der Waals surface area contributed by atoms with E-state index in [-0.39, 0.29) is 45.0 Å². The zero-order chi connectivity index (χ0) is 25.7. The smallest absolute Gasteiger partial charge is 0.341 e. The summed E-state index contributed by atoms with van der Waals surface area (Å²) in [5, 5.41) is 22.4. The molecule has 3 rings (SSSR count). The molecule has 0 aliphatic carbocycles. The maximum absolute atomic E-state index is 12.9. The van der Waals surface area contributed by atoms with Crippen molar-refractivity contribution in [2.24, 2.45) is 0 Å². The largest absolute Gasteiger partial charge is 0.457 e. The fraction of sp³-hybridized carbons (Fsp3) is 0.130. The maximum atomic E-state index is 12.9. The molecule has 0 aliphatic rings. The van der Waals surface area contributed by atoms with Crippen LogP contribution in [0, 0.1) is 27.2 Å². The van der Waals surface area contributed by atoms with Gasteiger partial charge in [-0.25, -0.2) is 9.59 Å². The first-order chi connectivity index (χ1) is 16.6. The summed E-state index contributed by atoms with van der Waals surface area (Å²) in [5.74, 6) is -2.04. The average Bonchev–Trinajstić information content (AvgIpc) is 2.84. The minimum absolute atomic E-state index is 0.0397. The topological polar surface area (TPSA) is 191 Å². The van der Waals surface area contributed by atoms with Crippen molar-refractivity contribution in [3.63, 3.8) is 0 Å². The van der Waals surface area contributed by atoms with E-state index in [1.807, 2.05) is 0 Å². The molecular weight excluding hydrogens is 460 g/mol. The van der Waals surface area contributed by atoms with Gasteiger partial charge >= 0.3 is 11.9 Å². The van der Waals surface area contributed by atoms with Gasteiger partial charge in [-0.3, -0.25) is 20.2 Å². The highest BCUT2D eigenvalue weighted by atomic mass is 16.6. The number of aryl methyl sites for hydroxylation is 1. The van der Waals surface area contributed by atoms with Crippen LogP contribution in [-0.2, 0) is 22.7 Å². The lowest BCUT2D eigenvalue weighted by Crippen LogP contribution is -2.18. The molecular formula is C23H20N4O8. The molecule has 0 fully saturated rings. The first-order valence-corrected chi connectivity index (χ1v) is 10.1. The first-order valence-electron chi connectivity index (χ1n) is 10.1. The number of nitrogens with two attached hydrogens (primary N) is 2. The quantitative estimate of drug-likeness (QED) is 0.208. The molecule has 0 aromatic heterocycles. The van der Waals surface area contributed by atoms with Crippen molar-refractivity contribution in [1.29, 1.82) is 0 Å². The van der Waals surface area contributed by atoms with Crippen LogP contribution < -0.4 is 11.5 Å². The van der Waals surface area contributed by atoms with Gasteiger partial charge in [-0.15, -0.1) is 0 Å². The Morgan fingerprint density at radius 3 is 1.74 bits per heavy atom. The van der Waals surface area contributed by atoms with Crippen LogP contribution in [0.1, 0.15) is 37.4 Å². The summed E-state index contributed by atoms with van der Waals surface area (Å²) >= 11 is 0. The second-order valence-electron chi connectivity index (χ2n) is 7.37. The van der Waals surface area contributed by atoms with E-state index in [2.05, 4.69) is 0 Å². The molecule has 0 radical (unpaired) electrons. The second kappa shape index (κ2) is 10.3. The van der Waals surface area contributed by atoms with Crippen LogP contribution in [0.2, 0.25) is 0 Å². The van der Waals surface area contributed by atoms with Gasteiger partial charge in [0.2, 0.25) is 0 Å². The number of ether oxygens (including phenoxy) is 2. The Hall–Kier alpha value is -5.00. The zero-order valence-electron chi connectivity index (χ0n) is 18.4. The van der Waals surface area contributed by atoms with Gasteiger partial charge in [0.15, 0.2) is 0 Å². The van der Waals surface area contributed by atoms with E-state index in [0.29, 0.717) is 5.56 Å².